The van der Waals surface area contributed by atoms with Crippen LogP contribution in [0.5, 0.6) is 5.75 Å². The molecule has 0 aliphatic carbocycles. The summed E-state index contributed by atoms with van der Waals surface area (Å²) < 4.78 is 32.7. The lowest BCUT2D eigenvalue weighted by Crippen LogP contribution is -2.22. The monoisotopic (exact) mass is 340 g/mol. The van der Waals surface area contributed by atoms with E-state index in [2.05, 4.69) is 5.32 Å². The van der Waals surface area contributed by atoms with Crippen molar-refractivity contribution in [2.24, 2.45) is 5.14 Å². The Morgan fingerprint density at radius 2 is 2.10 bits per heavy atom. The van der Waals surface area contributed by atoms with Crippen LogP contribution < -0.4 is 15.2 Å². The molecule has 0 radical (unpaired) electrons. The fourth-order valence-corrected chi connectivity index (χ4v) is 2.92. The third-order valence-electron chi connectivity index (χ3n) is 2.47. The molecule has 10 heteroatoms. The Hall–Kier alpha value is -1.22. The number of carbonyl (C=O) groups excluding carboxylic acids is 1. The number of hydrogen-bond acceptors (Lipinski definition) is 5. The maximum Gasteiger partial charge on any atom is 0.407 e. The SMILES string of the molecule is NS(=O)(=O)c1cc(Cl)c(OCC2CNC(=O)O2)cc1Cl. The van der Waals surface area contributed by atoms with Crippen LogP contribution in [-0.4, -0.2) is 33.8 Å². The van der Waals surface area contributed by atoms with Crippen molar-refractivity contribution in [1.29, 1.82) is 0 Å². The highest BCUT2D eigenvalue weighted by Gasteiger charge is 2.24. The molecule has 1 saturated heterocycles. The minimum Gasteiger partial charge on any atom is -0.488 e. The van der Waals surface area contributed by atoms with Crippen molar-refractivity contribution in [2.75, 3.05) is 13.2 Å². The number of sulfonamides is 1. The highest BCUT2D eigenvalue weighted by molar-refractivity contribution is 7.89. The Morgan fingerprint density at radius 1 is 1.40 bits per heavy atom. The molecule has 1 aromatic rings. The predicted octanol–water partition coefficient (Wildman–Crippen LogP) is 1.13. The second kappa shape index (κ2) is 5.65. The number of ether oxygens (including phenoxy) is 2. The molecule has 0 saturated carbocycles. The Morgan fingerprint density at radius 3 is 2.65 bits per heavy atom. The number of alkyl carbamates (subject to hydrolysis) is 1. The first-order valence-electron chi connectivity index (χ1n) is 5.36. The Balaban J connectivity index is 2.13. The lowest BCUT2D eigenvalue weighted by atomic mass is 10.3. The van der Waals surface area contributed by atoms with Gasteiger partial charge in [0.05, 0.1) is 16.6 Å². The van der Waals surface area contributed by atoms with E-state index >= 15 is 0 Å². The standard InChI is InChI=1S/C10H10Cl2N2O5S/c11-6-2-9(20(13,16)17)7(12)1-8(6)18-4-5-3-14-10(15)19-5/h1-2,5H,3-4H2,(H,14,15)(H2,13,16,17). The Bertz CT molecular complexity index is 649. The first-order valence-corrected chi connectivity index (χ1v) is 7.66. The van der Waals surface area contributed by atoms with Crippen LogP contribution in [0.15, 0.2) is 17.0 Å². The van der Waals surface area contributed by atoms with Gasteiger partial charge in [-0.1, -0.05) is 23.2 Å². The van der Waals surface area contributed by atoms with Crippen LogP contribution >= 0.6 is 23.2 Å². The van der Waals surface area contributed by atoms with E-state index in [4.69, 9.17) is 37.8 Å². The maximum atomic E-state index is 11.2. The van der Waals surface area contributed by atoms with Gasteiger partial charge in [0, 0.05) is 6.07 Å². The Kier molecular flexibility index (Phi) is 4.28. The van der Waals surface area contributed by atoms with Crippen molar-refractivity contribution in [3.05, 3.63) is 22.2 Å². The van der Waals surface area contributed by atoms with E-state index in [9.17, 15) is 13.2 Å². The van der Waals surface area contributed by atoms with Gasteiger partial charge < -0.3 is 14.8 Å². The second-order valence-corrected chi connectivity index (χ2v) is 6.32. The molecule has 0 spiro atoms. The summed E-state index contributed by atoms with van der Waals surface area (Å²) in [6.45, 7) is 0.378. The molecular formula is C10H10Cl2N2O5S. The number of nitrogens with two attached hydrogens (primary N) is 1. The summed E-state index contributed by atoms with van der Waals surface area (Å²) in [6.07, 6.45) is -0.970. The number of nitrogens with one attached hydrogen (secondary N) is 1. The summed E-state index contributed by atoms with van der Waals surface area (Å²) in [7, 11) is -3.96. The summed E-state index contributed by atoms with van der Waals surface area (Å²) in [5, 5.41) is 7.39. The molecule has 0 bridgehead atoms. The van der Waals surface area contributed by atoms with Crippen molar-refractivity contribution in [2.45, 2.75) is 11.0 Å². The van der Waals surface area contributed by atoms with Gasteiger partial charge in [-0.05, 0) is 6.07 Å². The third-order valence-corrected chi connectivity index (χ3v) is 4.14. The molecule has 0 aromatic heterocycles. The molecule has 1 unspecified atom stereocenters. The molecule has 110 valence electrons. The van der Waals surface area contributed by atoms with Crippen LogP contribution in [0, 0.1) is 0 Å². The van der Waals surface area contributed by atoms with Crippen LogP contribution in [0.2, 0.25) is 10.0 Å². The number of halogens is 2. The zero-order valence-corrected chi connectivity index (χ0v) is 12.3. The van der Waals surface area contributed by atoms with Gasteiger partial charge in [-0.3, -0.25) is 0 Å². The third kappa shape index (κ3) is 3.45. The summed E-state index contributed by atoms with van der Waals surface area (Å²) in [4.78, 5) is 10.5. The first kappa shape index (κ1) is 15.2. The summed E-state index contributed by atoms with van der Waals surface area (Å²) >= 11 is 11.7. The van der Waals surface area contributed by atoms with E-state index in [1.165, 1.54) is 6.07 Å². The molecule has 1 amide bonds. The number of rotatable bonds is 4. The smallest absolute Gasteiger partial charge is 0.407 e. The van der Waals surface area contributed by atoms with Crippen molar-refractivity contribution in [3.63, 3.8) is 0 Å². The normalized spacial score (nSPS) is 18.6. The maximum absolute atomic E-state index is 11.2. The fraction of sp³-hybridized carbons (Fsp3) is 0.300. The lowest BCUT2D eigenvalue weighted by molar-refractivity contribution is 0.105. The predicted molar refractivity (Wildman–Crippen MR) is 71.6 cm³/mol. The van der Waals surface area contributed by atoms with Gasteiger partial charge in [0.2, 0.25) is 10.0 Å². The Labute approximate surface area is 125 Å². The minimum atomic E-state index is -3.96. The van der Waals surface area contributed by atoms with Crippen LogP contribution in [-0.2, 0) is 14.8 Å². The molecular weight excluding hydrogens is 331 g/mol. The highest BCUT2D eigenvalue weighted by atomic mass is 35.5. The van der Waals surface area contributed by atoms with Gasteiger partial charge in [0.1, 0.15) is 17.3 Å². The van der Waals surface area contributed by atoms with Crippen LogP contribution in [0.3, 0.4) is 0 Å². The minimum absolute atomic E-state index is 0.0377. The number of amides is 1. The summed E-state index contributed by atoms with van der Waals surface area (Å²) in [5.41, 5.74) is 0. The largest absolute Gasteiger partial charge is 0.488 e. The zero-order chi connectivity index (χ0) is 14.9. The molecule has 1 fully saturated rings. The average molecular weight is 341 g/mol. The number of hydrogen-bond donors (Lipinski definition) is 2. The van der Waals surface area contributed by atoms with E-state index in [1.807, 2.05) is 0 Å². The van der Waals surface area contributed by atoms with Crippen molar-refractivity contribution < 1.29 is 22.7 Å². The van der Waals surface area contributed by atoms with E-state index < -0.39 is 22.2 Å². The van der Waals surface area contributed by atoms with Gasteiger partial charge in [0.25, 0.3) is 0 Å². The topological polar surface area (TPSA) is 108 Å². The van der Waals surface area contributed by atoms with Crippen LogP contribution in [0.25, 0.3) is 0 Å². The summed E-state index contributed by atoms with van der Waals surface area (Å²) in [5.74, 6) is 0.173. The van der Waals surface area contributed by atoms with E-state index in [1.54, 1.807) is 0 Å². The van der Waals surface area contributed by atoms with Crippen molar-refractivity contribution >= 4 is 39.3 Å². The number of primary sulfonamides is 1. The van der Waals surface area contributed by atoms with Gasteiger partial charge in [-0.2, -0.15) is 0 Å². The molecule has 20 heavy (non-hydrogen) atoms. The fourth-order valence-electron chi connectivity index (χ4n) is 1.55. The molecule has 1 heterocycles. The number of cyclic esters (lactones) is 1. The number of carbonyl (C=O) groups is 1. The van der Waals surface area contributed by atoms with Gasteiger partial charge in [-0.25, -0.2) is 18.4 Å². The lowest BCUT2D eigenvalue weighted by Gasteiger charge is -2.13. The van der Waals surface area contributed by atoms with Crippen LogP contribution in [0.1, 0.15) is 0 Å². The van der Waals surface area contributed by atoms with Crippen molar-refractivity contribution in [3.8, 4) is 5.75 Å². The first-order chi connectivity index (χ1) is 9.27. The highest BCUT2D eigenvalue weighted by Crippen LogP contribution is 2.33. The quantitative estimate of drug-likeness (QED) is 0.853. The van der Waals surface area contributed by atoms with E-state index in [0.717, 1.165) is 6.07 Å². The summed E-state index contributed by atoms with van der Waals surface area (Å²) in [6, 6.07) is 2.35. The van der Waals surface area contributed by atoms with Crippen molar-refractivity contribution in [1.82, 2.24) is 5.32 Å². The molecule has 1 aliphatic rings. The van der Waals surface area contributed by atoms with E-state index in [0.29, 0.717) is 6.54 Å². The van der Waals surface area contributed by atoms with E-state index in [-0.39, 0.29) is 27.3 Å². The average Bonchev–Trinajstić information content (AvgIpc) is 2.74. The molecule has 2 rings (SSSR count). The van der Waals surface area contributed by atoms with Gasteiger partial charge >= 0.3 is 6.09 Å². The molecule has 1 atom stereocenters. The molecule has 1 aromatic carbocycles. The van der Waals surface area contributed by atoms with Gasteiger partial charge in [0.15, 0.2) is 6.10 Å². The molecule has 3 N–H and O–H groups in total. The number of benzene rings is 1. The van der Waals surface area contributed by atoms with Gasteiger partial charge in [-0.15, -0.1) is 0 Å². The second-order valence-electron chi connectivity index (χ2n) is 3.98. The van der Waals surface area contributed by atoms with Crippen LogP contribution in [0.4, 0.5) is 4.79 Å². The molecule has 1 aliphatic heterocycles. The molecule has 7 nitrogen and oxygen atoms in total. The zero-order valence-electron chi connectivity index (χ0n) is 9.93.